The van der Waals surface area contributed by atoms with Crippen LogP contribution in [-0.2, 0) is 0 Å². The minimum Gasteiger partial charge on any atom is -0.434 e. The fourth-order valence-electron chi connectivity index (χ4n) is 1.22. The van der Waals surface area contributed by atoms with E-state index < -0.39 is 10.6 Å². The van der Waals surface area contributed by atoms with Gasteiger partial charge in [-0.1, -0.05) is 18.2 Å². The van der Waals surface area contributed by atoms with Gasteiger partial charge in [-0.05, 0) is 12.1 Å². The summed E-state index contributed by atoms with van der Waals surface area (Å²) in [5.41, 5.74) is 4.97. The van der Waals surface area contributed by atoms with Crippen LogP contribution in [0.4, 0.5) is 11.5 Å². The molecule has 0 fully saturated rings. The maximum Gasteiger partial charge on any atom is 0.372 e. The zero-order valence-electron chi connectivity index (χ0n) is 8.61. The van der Waals surface area contributed by atoms with Crippen LogP contribution in [0.2, 0.25) is 0 Å². The summed E-state index contributed by atoms with van der Waals surface area (Å²) in [6, 6.07) is 8.59. The number of benzene rings is 1. The van der Waals surface area contributed by atoms with Gasteiger partial charge in [0.25, 0.3) is 0 Å². The standard InChI is InChI=1S/C10H8N4O3/c11-9-8(14(15)16)10(13-6-12-9)17-7-4-2-1-3-5-7/h1-6H,(H2,11,12,13). The molecule has 0 radical (unpaired) electrons. The predicted molar refractivity (Wildman–Crippen MR) is 59.6 cm³/mol. The molecule has 0 amide bonds. The van der Waals surface area contributed by atoms with Crippen LogP contribution in [0.3, 0.4) is 0 Å². The third-order valence-corrected chi connectivity index (χ3v) is 1.96. The molecule has 7 heteroatoms. The Labute approximate surface area is 96.0 Å². The summed E-state index contributed by atoms with van der Waals surface area (Å²) in [6.07, 6.45) is 1.11. The van der Waals surface area contributed by atoms with Gasteiger partial charge >= 0.3 is 11.6 Å². The molecule has 0 aliphatic carbocycles. The molecule has 7 nitrogen and oxygen atoms in total. The highest BCUT2D eigenvalue weighted by Crippen LogP contribution is 2.31. The highest BCUT2D eigenvalue weighted by molar-refractivity contribution is 5.58. The first-order chi connectivity index (χ1) is 8.18. The molecule has 0 aliphatic rings. The molecule has 0 aliphatic heterocycles. The van der Waals surface area contributed by atoms with Crippen LogP contribution in [0, 0.1) is 10.1 Å². The minimum absolute atomic E-state index is 0.172. The summed E-state index contributed by atoms with van der Waals surface area (Å²) in [5.74, 6) is 0.0401. The SMILES string of the molecule is Nc1ncnc(Oc2ccccc2)c1[N+](=O)[O-]. The highest BCUT2D eigenvalue weighted by Gasteiger charge is 2.22. The Kier molecular flexibility index (Phi) is 2.82. The van der Waals surface area contributed by atoms with E-state index in [-0.39, 0.29) is 11.7 Å². The van der Waals surface area contributed by atoms with Crippen molar-refractivity contribution in [2.75, 3.05) is 5.73 Å². The van der Waals surface area contributed by atoms with Crippen LogP contribution >= 0.6 is 0 Å². The Bertz CT molecular complexity index is 545. The lowest BCUT2D eigenvalue weighted by atomic mass is 10.3. The molecular formula is C10H8N4O3. The van der Waals surface area contributed by atoms with Gasteiger partial charge in [-0.25, -0.2) is 4.98 Å². The number of ether oxygens (including phenoxy) is 1. The summed E-state index contributed by atoms with van der Waals surface area (Å²) in [6.45, 7) is 0. The van der Waals surface area contributed by atoms with Crippen molar-refractivity contribution in [3.05, 3.63) is 46.8 Å². The first-order valence-corrected chi connectivity index (χ1v) is 4.66. The average molecular weight is 232 g/mol. The molecule has 0 saturated carbocycles. The molecule has 2 N–H and O–H groups in total. The second-order valence-electron chi connectivity index (χ2n) is 3.08. The van der Waals surface area contributed by atoms with Crippen molar-refractivity contribution in [1.29, 1.82) is 0 Å². The van der Waals surface area contributed by atoms with E-state index in [9.17, 15) is 10.1 Å². The van der Waals surface area contributed by atoms with E-state index in [1.807, 2.05) is 0 Å². The van der Waals surface area contributed by atoms with Crippen LogP contribution in [0.1, 0.15) is 0 Å². The van der Waals surface area contributed by atoms with Gasteiger partial charge in [0.15, 0.2) is 0 Å². The number of rotatable bonds is 3. The molecule has 1 aromatic heterocycles. The number of nitrogens with two attached hydrogens (primary N) is 1. The second kappa shape index (κ2) is 4.44. The number of nitrogen functional groups attached to an aromatic ring is 1. The van der Waals surface area contributed by atoms with E-state index >= 15 is 0 Å². The Morgan fingerprint density at radius 3 is 2.59 bits per heavy atom. The van der Waals surface area contributed by atoms with E-state index in [1.165, 1.54) is 0 Å². The zero-order chi connectivity index (χ0) is 12.3. The van der Waals surface area contributed by atoms with Crippen LogP contribution in [0.15, 0.2) is 36.7 Å². The predicted octanol–water partition coefficient (Wildman–Crippen LogP) is 1.76. The summed E-state index contributed by atoms with van der Waals surface area (Å²) < 4.78 is 5.28. The normalized spacial score (nSPS) is 9.88. The average Bonchev–Trinajstić information content (AvgIpc) is 2.30. The third kappa shape index (κ3) is 2.28. The quantitative estimate of drug-likeness (QED) is 0.638. The van der Waals surface area contributed by atoms with Crippen molar-refractivity contribution < 1.29 is 9.66 Å². The fraction of sp³-hybridized carbons (Fsp3) is 0. The molecule has 0 unspecified atom stereocenters. The lowest BCUT2D eigenvalue weighted by Crippen LogP contribution is -2.02. The second-order valence-corrected chi connectivity index (χ2v) is 3.08. The summed E-state index contributed by atoms with van der Waals surface area (Å²) >= 11 is 0. The zero-order valence-corrected chi connectivity index (χ0v) is 8.61. The van der Waals surface area contributed by atoms with Crippen molar-refractivity contribution in [1.82, 2.24) is 9.97 Å². The first kappa shape index (κ1) is 10.8. The topological polar surface area (TPSA) is 104 Å². The summed E-state index contributed by atoms with van der Waals surface area (Å²) in [5, 5.41) is 10.8. The van der Waals surface area contributed by atoms with E-state index in [0.717, 1.165) is 6.33 Å². The van der Waals surface area contributed by atoms with E-state index in [1.54, 1.807) is 30.3 Å². The van der Waals surface area contributed by atoms with Crippen molar-refractivity contribution >= 4 is 11.5 Å². The number of nitro groups is 1. The first-order valence-electron chi connectivity index (χ1n) is 4.66. The molecule has 0 atom stereocenters. The molecule has 1 heterocycles. The smallest absolute Gasteiger partial charge is 0.372 e. The molecule has 0 bridgehead atoms. The molecule has 86 valence electrons. The van der Waals surface area contributed by atoms with Gasteiger partial charge in [0.05, 0.1) is 4.92 Å². The lowest BCUT2D eigenvalue weighted by Gasteiger charge is -2.05. The van der Waals surface area contributed by atoms with Gasteiger partial charge < -0.3 is 10.5 Å². The summed E-state index contributed by atoms with van der Waals surface area (Å²) in [7, 11) is 0. The number of nitrogens with zero attached hydrogens (tertiary/aromatic N) is 3. The summed E-state index contributed by atoms with van der Waals surface area (Å²) in [4.78, 5) is 17.4. The number of hydrogen-bond acceptors (Lipinski definition) is 6. The van der Waals surface area contributed by atoms with Gasteiger partial charge in [0, 0.05) is 0 Å². The fourth-order valence-corrected chi connectivity index (χ4v) is 1.22. The van der Waals surface area contributed by atoms with Crippen molar-refractivity contribution in [2.45, 2.75) is 0 Å². The maximum atomic E-state index is 10.8. The van der Waals surface area contributed by atoms with Crippen molar-refractivity contribution in [3.63, 3.8) is 0 Å². The Balaban J connectivity index is 2.40. The van der Waals surface area contributed by atoms with Crippen molar-refractivity contribution in [3.8, 4) is 11.6 Å². The van der Waals surface area contributed by atoms with Crippen LogP contribution in [0.25, 0.3) is 0 Å². The number of hydrogen-bond donors (Lipinski definition) is 1. The Morgan fingerprint density at radius 1 is 1.24 bits per heavy atom. The van der Waals surface area contributed by atoms with Gasteiger partial charge in [-0.15, -0.1) is 0 Å². The van der Waals surface area contributed by atoms with Crippen molar-refractivity contribution in [2.24, 2.45) is 0 Å². The molecule has 2 aromatic rings. The molecule has 17 heavy (non-hydrogen) atoms. The molecule has 0 spiro atoms. The van der Waals surface area contributed by atoms with Gasteiger partial charge in [-0.2, -0.15) is 4.98 Å². The Morgan fingerprint density at radius 2 is 1.94 bits per heavy atom. The van der Waals surface area contributed by atoms with Gasteiger partial charge in [0.2, 0.25) is 5.82 Å². The molecular weight excluding hydrogens is 224 g/mol. The minimum atomic E-state index is -0.673. The largest absolute Gasteiger partial charge is 0.434 e. The van der Waals surface area contributed by atoms with Crippen LogP contribution in [0.5, 0.6) is 11.6 Å². The third-order valence-electron chi connectivity index (χ3n) is 1.96. The lowest BCUT2D eigenvalue weighted by molar-refractivity contribution is -0.385. The molecule has 1 aromatic carbocycles. The molecule has 2 rings (SSSR count). The monoisotopic (exact) mass is 232 g/mol. The van der Waals surface area contributed by atoms with E-state index in [2.05, 4.69) is 9.97 Å². The Hall–Kier alpha value is -2.70. The highest BCUT2D eigenvalue weighted by atomic mass is 16.6. The van der Waals surface area contributed by atoms with Crippen LogP contribution < -0.4 is 10.5 Å². The van der Waals surface area contributed by atoms with Crippen LogP contribution in [-0.4, -0.2) is 14.9 Å². The maximum absolute atomic E-state index is 10.8. The number of aromatic nitrogens is 2. The van der Waals surface area contributed by atoms with E-state index in [4.69, 9.17) is 10.5 Å². The molecule has 0 saturated heterocycles. The van der Waals surface area contributed by atoms with E-state index in [0.29, 0.717) is 5.75 Å². The number of para-hydroxylation sites is 1. The number of anilines is 1. The van der Waals surface area contributed by atoms with Gasteiger partial charge in [0.1, 0.15) is 12.1 Å². The van der Waals surface area contributed by atoms with Gasteiger partial charge in [-0.3, -0.25) is 10.1 Å².